The molecule has 0 saturated heterocycles. The molecule has 0 aliphatic carbocycles. The molecule has 2 heterocycles. The molecule has 0 spiro atoms. The molecule has 0 saturated carbocycles. The smallest absolute Gasteiger partial charge is 0.229 e. The van der Waals surface area contributed by atoms with Gasteiger partial charge >= 0.3 is 0 Å². The second-order valence-electron chi connectivity index (χ2n) is 7.19. The molecule has 0 bridgehead atoms. The number of halogens is 1. The van der Waals surface area contributed by atoms with Gasteiger partial charge in [-0.1, -0.05) is 52.8 Å². The monoisotopic (exact) mass is 467 g/mol. The van der Waals surface area contributed by atoms with Crippen LogP contribution in [0.5, 0.6) is 0 Å². The van der Waals surface area contributed by atoms with E-state index in [-0.39, 0.29) is 5.91 Å². The zero-order valence-corrected chi connectivity index (χ0v) is 19.5. The van der Waals surface area contributed by atoms with Crippen LogP contribution >= 0.6 is 34.7 Å². The first kappa shape index (κ1) is 21.8. The van der Waals surface area contributed by atoms with Crippen molar-refractivity contribution < 1.29 is 4.79 Å². The van der Waals surface area contributed by atoms with Crippen LogP contribution in [0, 0.1) is 6.92 Å². The third-order valence-corrected chi connectivity index (χ3v) is 7.23. The predicted molar refractivity (Wildman–Crippen MR) is 131 cm³/mol. The third kappa shape index (κ3) is 5.64. The highest BCUT2D eigenvalue weighted by atomic mass is 35.5. The van der Waals surface area contributed by atoms with E-state index >= 15 is 0 Å². The molecule has 0 aliphatic rings. The highest BCUT2D eigenvalue weighted by Crippen LogP contribution is 2.34. The zero-order valence-electron chi connectivity index (χ0n) is 17.1. The Bertz CT molecular complexity index is 1160. The molecule has 0 fully saturated rings. The van der Waals surface area contributed by atoms with Crippen molar-refractivity contribution in [2.45, 2.75) is 31.2 Å². The van der Waals surface area contributed by atoms with Crippen LogP contribution in [0.1, 0.15) is 24.0 Å². The van der Waals surface area contributed by atoms with Crippen molar-refractivity contribution in [2.75, 3.05) is 10.7 Å². The first-order valence-corrected chi connectivity index (χ1v) is 12.2. The van der Waals surface area contributed by atoms with Crippen LogP contribution in [0.3, 0.4) is 0 Å². The molecule has 4 nitrogen and oxygen atoms in total. The van der Waals surface area contributed by atoms with Gasteiger partial charge in [0.15, 0.2) is 5.13 Å². The molecule has 7 heteroatoms. The number of benzene rings is 2. The van der Waals surface area contributed by atoms with Crippen LogP contribution in [0.2, 0.25) is 5.02 Å². The van der Waals surface area contributed by atoms with E-state index in [0.717, 1.165) is 28.0 Å². The number of aryl methyl sites for hydroxylation is 1. The summed E-state index contributed by atoms with van der Waals surface area (Å²) in [6.07, 6.45) is 4.78. The summed E-state index contributed by atoms with van der Waals surface area (Å²) in [5.74, 6) is 0.949. The average molecular weight is 468 g/mol. The summed E-state index contributed by atoms with van der Waals surface area (Å²) in [4.78, 5) is 25.0. The Labute approximate surface area is 195 Å². The number of para-hydroxylation sites is 1. The molecule has 0 unspecified atom stereocenters. The maximum Gasteiger partial charge on any atom is 0.229 e. The predicted octanol–water partition coefficient (Wildman–Crippen LogP) is 6.76. The molecule has 2 aromatic carbocycles. The quantitative estimate of drug-likeness (QED) is 0.212. The van der Waals surface area contributed by atoms with E-state index in [0.29, 0.717) is 23.1 Å². The Morgan fingerprint density at radius 2 is 1.97 bits per heavy atom. The molecule has 31 heavy (non-hydrogen) atoms. The van der Waals surface area contributed by atoms with Crippen molar-refractivity contribution in [2.24, 2.45) is 0 Å². The maximum atomic E-state index is 13.2. The zero-order chi connectivity index (χ0) is 21.6. The van der Waals surface area contributed by atoms with Gasteiger partial charge in [-0.05, 0) is 55.0 Å². The van der Waals surface area contributed by atoms with Crippen molar-refractivity contribution in [3.05, 3.63) is 83.1 Å². The maximum absolute atomic E-state index is 13.2. The molecule has 0 N–H and O–H groups in total. The number of rotatable bonds is 8. The van der Waals surface area contributed by atoms with Gasteiger partial charge in [0, 0.05) is 23.7 Å². The lowest BCUT2D eigenvalue weighted by atomic mass is 10.2. The van der Waals surface area contributed by atoms with Crippen molar-refractivity contribution in [3.8, 4) is 0 Å². The Balaban J connectivity index is 1.47. The summed E-state index contributed by atoms with van der Waals surface area (Å²) in [5, 5.41) is 1.27. The lowest BCUT2D eigenvalue weighted by Crippen LogP contribution is -2.30. The van der Waals surface area contributed by atoms with Crippen molar-refractivity contribution in [1.82, 2.24) is 9.97 Å². The number of aromatic nitrogens is 2. The average Bonchev–Trinajstić information content (AvgIpc) is 3.22. The number of anilines is 1. The lowest BCUT2D eigenvalue weighted by molar-refractivity contribution is -0.118. The number of amides is 1. The molecule has 158 valence electrons. The number of thioether (sulfide) groups is 1. The molecule has 2 aromatic heterocycles. The van der Waals surface area contributed by atoms with Crippen molar-refractivity contribution >= 4 is 56.0 Å². The molecule has 4 aromatic rings. The molecule has 4 rings (SSSR count). The Morgan fingerprint density at radius 1 is 1.13 bits per heavy atom. The highest BCUT2D eigenvalue weighted by Gasteiger charge is 2.20. The van der Waals surface area contributed by atoms with Crippen LogP contribution in [0.25, 0.3) is 10.2 Å². The van der Waals surface area contributed by atoms with E-state index in [9.17, 15) is 4.79 Å². The molecular weight excluding hydrogens is 446 g/mol. The first-order valence-electron chi connectivity index (χ1n) is 10.0. The minimum Gasteiger partial charge on any atom is -0.284 e. The van der Waals surface area contributed by atoms with Gasteiger partial charge in [0.1, 0.15) is 5.52 Å². The van der Waals surface area contributed by atoms with Crippen molar-refractivity contribution in [1.29, 1.82) is 0 Å². The minimum atomic E-state index is 0.0588. The number of nitrogens with zero attached hydrogens (tertiary/aromatic N) is 3. The largest absolute Gasteiger partial charge is 0.284 e. The Morgan fingerprint density at radius 3 is 2.71 bits per heavy atom. The summed E-state index contributed by atoms with van der Waals surface area (Å²) >= 11 is 9.58. The number of pyridine rings is 1. The van der Waals surface area contributed by atoms with Crippen molar-refractivity contribution in [3.63, 3.8) is 0 Å². The summed E-state index contributed by atoms with van der Waals surface area (Å²) in [5.41, 5.74) is 2.96. The van der Waals surface area contributed by atoms with E-state index in [1.54, 1.807) is 29.1 Å². The van der Waals surface area contributed by atoms with Gasteiger partial charge in [-0.3, -0.25) is 14.7 Å². The number of thiazole rings is 1. The van der Waals surface area contributed by atoms with Gasteiger partial charge in [0.25, 0.3) is 0 Å². The Hall–Kier alpha value is -2.41. The molecule has 0 aliphatic heterocycles. The summed E-state index contributed by atoms with van der Waals surface area (Å²) in [7, 11) is 0. The van der Waals surface area contributed by atoms with Gasteiger partial charge < -0.3 is 0 Å². The fourth-order valence-electron chi connectivity index (χ4n) is 3.14. The first-order chi connectivity index (χ1) is 15.1. The standard InChI is InChI=1S/C24H22ClN3OS2/c1-17-9-11-19(12-10-17)30-14-4-8-22(29)28(16-18-5-3-13-26-15-18)24-27-23-20(25)6-2-7-21(23)31-24/h2-3,5-7,9-13,15H,4,8,14,16H2,1H3. The number of carbonyl (C=O) groups is 1. The van der Waals surface area contributed by atoms with E-state index in [1.165, 1.54) is 21.8 Å². The van der Waals surface area contributed by atoms with E-state index < -0.39 is 0 Å². The van der Waals surface area contributed by atoms with Crippen LogP contribution in [-0.2, 0) is 11.3 Å². The molecular formula is C24H22ClN3OS2. The van der Waals surface area contributed by atoms with E-state index in [4.69, 9.17) is 11.6 Å². The number of fused-ring (bicyclic) bond motifs is 1. The van der Waals surface area contributed by atoms with Gasteiger partial charge in [0.2, 0.25) is 5.91 Å². The second kappa shape index (κ2) is 10.3. The van der Waals surface area contributed by atoms with Gasteiger partial charge in [-0.2, -0.15) is 0 Å². The number of carbonyl (C=O) groups excluding carboxylic acids is 1. The van der Waals surface area contributed by atoms with Gasteiger partial charge in [0.05, 0.1) is 16.3 Å². The second-order valence-corrected chi connectivity index (χ2v) is 9.77. The summed E-state index contributed by atoms with van der Waals surface area (Å²) < 4.78 is 0.974. The van der Waals surface area contributed by atoms with Crippen LogP contribution in [0.4, 0.5) is 5.13 Å². The molecule has 1 amide bonds. The minimum absolute atomic E-state index is 0.0588. The fraction of sp³-hybridized carbons (Fsp3) is 0.208. The number of hydrogen-bond donors (Lipinski definition) is 0. The Kier molecular flexibility index (Phi) is 7.22. The van der Waals surface area contributed by atoms with E-state index in [2.05, 4.69) is 41.2 Å². The van der Waals surface area contributed by atoms with Gasteiger partial charge in [-0.15, -0.1) is 11.8 Å². The van der Waals surface area contributed by atoms with Crippen LogP contribution < -0.4 is 4.90 Å². The lowest BCUT2D eigenvalue weighted by Gasteiger charge is -2.20. The number of hydrogen-bond acceptors (Lipinski definition) is 5. The SMILES string of the molecule is Cc1ccc(SCCCC(=O)N(Cc2cccnc2)c2nc3c(Cl)cccc3s2)cc1. The third-order valence-electron chi connectivity index (χ3n) is 4.78. The van der Waals surface area contributed by atoms with Crippen LogP contribution in [0.15, 0.2) is 71.9 Å². The summed E-state index contributed by atoms with van der Waals surface area (Å²) in [6.45, 7) is 2.52. The van der Waals surface area contributed by atoms with Gasteiger partial charge in [-0.25, -0.2) is 4.98 Å². The normalized spacial score (nSPS) is 11.0. The van der Waals surface area contributed by atoms with E-state index in [1.807, 2.05) is 30.3 Å². The van der Waals surface area contributed by atoms with Crippen LogP contribution in [-0.4, -0.2) is 21.6 Å². The fourth-order valence-corrected chi connectivity index (χ4v) is 5.27. The molecule has 0 atom stereocenters. The topological polar surface area (TPSA) is 46.1 Å². The molecule has 0 radical (unpaired) electrons. The highest BCUT2D eigenvalue weighted by molar-refractivity contribution is 7.99. The summed E-state index contributed by atoms with van der Waals surface area (Å²) in [6, 6.07) is 18.0.